The minimum Gasteiger partial charge on any atom is -0.355 e. The molecular weight excluding hydrogens is 324 g/mol. The van der Waals surface area contributed by atoms with Crippen molar-refractivity contribution in [1.29, 1.82) is 0 Å². The van der Waals surface area contributed by atoms with E-state index in [9.17, 15) is 9.59 Å². The quantitative estimate of drug-likeness (QED) is 0.908. The molecule has 2 amide bonds. The van der Waals surface area contributed by atoms with Gasteiger partial charge < -0.3 is 10.2 Å². The van der Waals surface area contributed by atoms with E-state index in [-0.39, 0.29) is 28.7 Å². The van der Waals surface area contributed by atoms with Crippen LogP contribution in [0.2, 0.25) is 5.02 Å². The van der Waals surface area contributed by atoms with Crippen LogP contribution in [-0.4, -0.2) is 35.3 Å². The predicted octanol–water partition coefficient (Wildman–Crippen LogP) is 3.13. The van der Waals surface area contributed by atoms with Gasteiger partial charge in [0.25, 0.3) is 0 Å². The van der Waals surface area contributed by atoms with Gasteiger partial charge in [0.15, 0.2) is 0 Å². The van der Waals surface area contributed by atoms with Gasteiger partial charge in [-0.05, 0) is 51.3 Å². The molecule has 130 valence electrons. The molecule has 0 radical (unpaired) electrons. The molecule has 1 aliphatic heterocycles. The third-order valence-corrected chi connectivity index (χ3v) is 5.47. The summed E-state index contributed by atoms with van der Waals surface area (Å²) in [4.78, 5) is 26.5. The van der Waals surface area contributed by atoms with E-state index in [1.807, 2.05) is 49.9 Å². The lowest BCUT2D eigenvalue weighted by molar-refractivity contribution is -0.132. The second-order valence-corrected chi connectivity index (χ2v) is 8.52. The normalized spacial score (nSPS) is 22.6. The number of nitrogens with zero attached hydrogens (tertiary/aromatic N) is 1. The Kier molecular flexibility index (Phi) is 4.37. The van der Waals surface area contributed by atoms with Crippen molar-refractivity contribution >= 4 is 23.4 Å². The first-order valence-corrected chi connectivity index (χ1v) is 8.93. The van der Waals surface area contributed by atoms with Gasteiger partial charge in [-0.25, -0.2) is 0 Å². The van der Waals surface area contributed by atoms with Crippen LogP contribution in [0, 0.1) is 5.92 Å². The summed E-state index contributed by atoms with van der Waals surface area (Å²) in [6.45, 7) is 7.16. The zero-order valence-electron chi connectivity index (χ0n) is 14.6. The first kappa shape index (κ1) is 17.3. The molecule has 0 spiro atoms. The summed E-state index contributed by atoms with van der Waals surface area (Å²) in [5.74, 6) is -0.172. The highest BCUT2D eigenvalue weighted by Crippen LogP contribution is 2.47. The van der Waals surface area contributed by atoms with Gasteiger partial charge in [0.1, 0.15) is 0 Å². The van der Waals surface area contributed by atoms with E-state index >= 15 is 0 Å². The average molecular weight is 349 g/mol. The number of nitrogens with one attached hydrogen (secondary N) is 1. The van der Waals surface area contributed by atoms with E-state index in [0.717, 1.165) is 17.9 Å². The van der Waals surface area contributed by atoms with Crippen molar-refractivity contribution in [2.24, 2.45) is 5.92 Å². The lowest BCUT2D eigenvalue weighted by atomic mass is 9.95. The minimum absolute atomic E-state index is 0.00432. The Morgan fingerprint density at radius 2 is 1.92 bits per heavy atom. The van der Waals surface area contributed by atoms with E-state index in [1.165, 1.54) is 5.56 Å². The molecule has 2 fully saturated rings. The molecule has 1 saturated carbocycles. The monoisotopic (exact) mass is 348 g/mol. The summed E-state index contributed by atoms with van der Waals surface area (Å²) in [6.07, 6.45) is 2.47. The number of halogens is 1. The molecule has 2 aliphatic rings. The van der Waals surface area contributed by atoms with Crippen LogP contribution in [0.25, 0.3) is 0 Å². The van der Waals surface area contributed by atoms with Crippen molar-refractivity contribution < 1.29 is 9.59 Å². The smallest absolute Gasteiger partial charge is 0.225 e. The van der Waals surface area contributed by atoms with E-state index in [0.29, 0.717) is 19.5 Å². The van der Waals surface area contributed by atoms with Crippen molar-refractivity contribution in [3.8, 4) is 0 Å². The zero-order chi connectivity index (χ0) is 17.5. The number of benzene rings is 1. The molecule has 0 bridgehead atoms. The Bertz CT molecular complexity index is 644. The molecule has 1 aromatic rings. The average Bonchev–Trinajstić information content (AvgIpc) is 3.19. The fourth-order valence-electron chi connectivity index (χ4n) is 3.45. The predicted molar refractivity (Wildman–Crippen MR) is 94.9 cm³/mol. The summed E-state index contributed by atoms with van der Waals surface area (Å²) in [6, 6.07) is 7.88. The summed E-state index contributed by atoms with van der Waals surface area (Å²) in [5.41, 5.74) is 1.05. The van der Waals surface area contributed by atoms with Gasteiger partial charge in [0.05, 0.1) is 5.92 Å². The first-order chi connectivity index (χ1) is 11.2. The highest BCUT2D eigenvalue weighted by Gasteiger charge is 2.45. The molecule has 24 heavy (non-hydrogen) atoms. The number of likely N-dealkylation sites (tertiary alicyclic amines) is 1. The first-order valence-electron chi connectivity index (χ1n) is 8.55. The second-order valence-electron chi connectivity index (χ2n) is 8.08. The maximum absolute atomic E-state index is 12.5. The molecular formula is C19H25ClN2O2. The Balaban J connectivity index is 1.58. The molecule has 1 unspecified atom stereocenters. The number of hydrogen-bond acceptors (Lipinski definition) is 2. The maximum Gasteiger partial charge on any atom is 0.225 e. The van der Waals surface area contributed by atoms with Gasteiger partial charge in [-0.2, -0.15) is 0 Å². The van der Waals surface area contributed by atoms with E-state index in [4.69, 9.17) is 11.6 Å². The highest BCUT2D eigenvalue weighted by molar-refractivity contribution is 6.30. The third kappa shape index (κ3) is 3.44. The van der Waals surface area contributed by atoms with Crippen LogP contribution in [0.15, 0.2) is 24.3 Å². The molecule has 1 atom stereocenters. The molecule has 1 heterocycles. The Morgan fingerprint density at radius 3 is 2.42 bits per heavy atom. The standard InChI is InChI=1S/C19H25ClN2O2/c1-18(2,3)22-11-13(10-16(22)23)17(24)21-12-19(8-9-19)14-4-6-15(20)7-5-14/h4-7,13H,8-12H2,1-3H3,(H,21,24). The van der Waals surface area contributed by atoms with Crippen LogP contribution in [0.5, 0.6) is 0 Å². The van der Waals surface area contributed by atoms with Gasteiger partial charge in [-0.3, -0.25) is 9.59 Å². The molecule has 1 saturated heterocycles. The molecule has 4 nitrogen and oxygen atoms in total. The molecule has 1 aliphatic carbocycles. The second kappa shape index (κ2) is 6.07. The van der Waals surface area contributed by atoms with Crippen molar-refractivity contribution in [3.63, 3.8) is 0 Å². The Hall–Kier alpha value is -1.55. The van der Waals surface area contributed by atoms with Crippen molar-refractivity contribution in [2.75, 3.05) is 13.1 Å². The molecule has 3 rings (SSSR count). The van der Waals surface area contributed by atoms with Gasteiger partial charge in [0, 0.05) is 35.5 Å². The van der Waals surface area contributed by atoms with Crippen LogP contribution < -0.4 is 5.32 Å². The number of amides is 2. The highest BCUT2D eigenvalue weighted by atomic mass is 35.5. The summed E-state index contributed by atoms with van der Waals surface area (Å²) in [7, 11) is 0. The van der Waals surface area contributed by atoms with Gasteiger partial charge in [-0.1, -0.05) is 23.7 Å². The van der Waals surface area contributed by atoms with Gasteiger partial charge in [-0.15, -0.1) is 0 Å². The van der Waals surface area contributed by atoms with Crippen LogP contribution >= 0.6 is 11.6 Å². The lowest BCUT2D eigenvalue weighted by Crippen LogP contribution is -2.43. The summed E-state index contributed by atoms with van der Waals surface area (Å²) < 4.78 is 0. The van der Waals surface area contributed by atoms with Crippen LogP contribution in [0.3, 0.4) is 0 Å². The number of rotatable bonds is 4. The lowest BCUT2D eigenvalue weighted by Gasteiger charge is -2.32. The zero-order valence-corrected chi connectivity index (χ0v) is 15.3. The van der Waals surface area contributed by atoms with Crippen LogP contribution in [-0.2, 0) is 15.0 Å². The van der Waals surface area contributed by atoms with Gasteiger partial charge in [0.2, 0.25) is 11.8 Å². The van der Waals surface area contributed by atoms with E-state index in [2.05, 4.69) is 5.32 Å². The van der Waals surface area contributed by atoms with Crippen LogP contribution in [0.1, 0.15) is 45.6 Å². The molecule has 5 heteroatoms. The summed E-state index contributed by atoms with van der Waals surface area (Å²) in [5, 5.41) is 3.81. The largest absolute Gasteiger partial charge is 0.355 e. The Morgan fingerprint density at radius 1 is 1.29 bits per heavy atom. The SMILES string of the molecule is CC(C)(C)N1CC(C(=O)NCC2(c3ccc(Cl)cc3)CC2)CC1=O. The number of carbonyl (C=O) groups is 2. The van der Waals surface area contributed by atoms with Gasteiger partial charge >= 0.3 is 0 Å². The molecule has 1 aromatic carbocycles. The molecule has 0 aromatic heterocycles. The summed E-state index contributed by atoms with van der Waals surface area (Å²) >= 11 is 5.95. The minimum atomic E-state index is -0.238. The van der Waals surface area contributed by atoms with E-state index in [1.54, 1.807) is 0 Å². The Labute approximate surface area is 148 Å². The van der Waals surface area contributed by atoms with Crippen molar-refractivity contribution in [1.82, 2.24) is 10.2 Å². The third-order valence-electron chi connectivity index (χ3n) is 5.22. The van der Waals surface area contributed by atoms with Crippen LogP contribution in [0.4, 0.5) is 0 Å². The fraction of sp³-hybridized carbons (Fsp3) is 0.579. The topological polar surface area (TPSA) is 49.4 Å². The molecule has 1 N–H and O–H groups in total. The maximum atomic E-state index is 12.5. The van der Waals surface area contributed by atoms with Crippen molar-refractivity contribution in [3.05, 3.63) is 34.9 Å². The van der Waals surface area contributed by atoms with E-state index < -0.39 is 0 Å². The van der Waals surface area contributed by atoms with Crippen molar-refractivity contribution in [2.45, 2.75) is 51.0 Å². The number of carbonyl (C=O) groups excluding carboxylic acids is 2. The number of hydrogen-bond donors (Lipinski definition) is 1. The fourth-order valence-corrected chi connectivity index (χ4v) is 3.58.